The molecule has 1 unspecified atom stereocenters. The Kier molecular flexibility index (Phi) is 4.87. The number of carbonyl (C=O) groups excluding carboxylic acids is 1. The van der Waals surface area contributed by atoms with Crippen LogP contribution in [-0.2, 0) is 18.6 Å². The van der Waals surface area contributed by atoms with Gasteiger partial charge in [-0.15, -0.1) is 0 Å². The van der Waals surface area contributed by atoms with Gasteiger partial charge in [0.2, 0.25) is 5.91 Å². The third-order valence-corrected chi connectivity index (χ3v) is 5.44. The number of hydrogen-bond donors (Lipinski definition) is 3. The van der Waals surface area contributed by atoms with Crippen LogP contribution in [-0.4, -0.2) is 67.9 Å². The highest BCUT2D eigenvalue weighted by molar-refractivity contribution is 7.85. The monoisotopic (exact) mass is 394 g/mol. The minimum Gasteiger partial charge on any atom is -0.385 e. The van der Waals surface area contributed by atoms with Gasteiger partial charge in [-0.1, -0.05) is 6.92 Å². The fraction of sp³-hybridized carbons (Fsp3) is 0.571. The van der Waals surface area contributed by atoms with Gasteiger partial charge in [-0.3, -0.25) is 9.36 Å². The van der Waals surface area contributed by atoms with Crippen molar-refractivity contribution in [3.8, 4) is 0 Å². The molecule has 2 radical (unpaired) electrons. The van der Waals surface area contributed by atoms with Crippen molar-refractivity contribution in [1.29, 1.82) is 0 Å². The van der Waals surface area contributed by atoms with Gasteiger partial charge in [0.15, 0.2) is 29.3 Å². The van der Waals surface area contributed by atoms with Crippen molar-refractivity contribution < 1.29 is 28.6 Å². The molecular formula is C14H18BN5O6P+. The van der Waals surface area contributed by atoms with E-state index in [0.29, 0.717) is 24.0 Å². The molecule has 0 saturated carbocycles. The molecule has 0 aromatic carbocycles. The van der Waals surface area contributed by atoms with E-state index in [1.807, 2.05) is 6.92 Å². The molecule has 4 heterocycles. The molecule has 0 bridgehead atoms. The van der Waals surface area contributed by atoms with Crippen LogP contribution in [0.4, 0.5) is 5.82 Å². The van der Waals surface area contributed by atoms with Crippen molar-refractivity contribution in [1.82, 2.24) is 19.5 Å². The first kappa shape index (κ1) is 18.7. The van der Waals surface area contributed by atoms with Gasteiger partial charge in [0.25, 0.3) is 0 Å². The summed E-state index contributed by atoms with van der Waals surface area (Å²) in [6.45, 7) is 1.90. The number of aromatic nitrogens is 4. The number of hydrogen-bond acceptors (Lipinski definition) is 9. The van der Waals surface area contributed by atoms with Crippen LogP contribution < -0.4 is 5.32 Å². The zero-order valence-corrected chi connectivity index (χ0v) is 15.3. The lowest BCUT2D eigenvalue weighted by atomic mass is 10.1. The van der Waals surface area contributed by atoms with E-state index in [2.05, 4.69) is 20.3 Å². The predicted molar refractivity (Wildman–Crippen MR) is 94.5 cm³/mol. The van der Waals surface area contributed by atoms with E-state index in [9.17, 15) is 14.8 Å². The van der Waals surface area contributed by atoms with E-state index in [1.54, 1.807) is 0 Å². The second kappa shape index (κ2) is 7.04. The summed E-state index contributed by atoms with van der Waals surface area (Å²) < 4.78 is 17.7. The number of aliphatic hydroxyl groups excluding tert-OH is 1. The van der Waals surface area contributed by atoms with Crippen molar-refractivity contribution in [3.63, 3.8) is 0 Å². The summed E-state index contributed by atoms with van der Waals surface area (Å²) in [6.07, 6.45) is 0.359. The second-order valence-electron chi connectivity index (χ2n) is 6.33. The summed E-state index contributed by atoms with van der Waals surface area (Å²) in [7, 11) is 2.05. The Morgan fingerprint density at radius 2 is 2.30 bits per heavy atom. The van der Waals surface area contributed by atoms with Crippen molar-refractivity contribution in [3.05, 3.63) is 12.7 Å². The smallest absolute Gasteiger partial charge is 0.385 e. The molecule has 0 spiro atoms. The fourth-order valence-corrected chi connectivity index (χ4v) is 4.18. The SMILES string of the molecule is [B][P+]1(O)OC[C@H]2O[C@@H](n3cnc4c(NC(=O)CCC)ncnc43)[C@@H](O)[C@H]2O1. The summed E-state index contributed by atoms with van der Waals surface area (Å²) in [5.41, 5.74) is 0.742. The Labute approximate surface area is 156 Å². The fourth-order valence-electron chi connectivity index (χ4n) is 3.15. The summed E-state index contributed by atoms with van der Waals surface area (Å²) in [5, 5.41) is 13.3. The molecule has 13 heteroatoms. The Bertz CT molecular complexity index is 866. The largest absolute Gasteiger partial charge is 0.488 e. The molecule has 0 aliphatic carbocycles. The van der Waals surface area contributed by atoms with E-state index in [0.717, 1.165) is 0 Å². The lowest BCUT2D eigenvalue weighted by Crippen LogP contribution is -2.40. The Hall–Kier alpha value is -1.69. The molecular weight excluding hydrogens is 376 g/mol. The number of aliphatic hydroxyl groups is 1. The maximum Gasteiger partial charge on any atom is 0.488 e. The maximum absolute atomic E-state index is 11.9. The average molecular weight is 394 g/mol. The van der Waals surface area contributed by atoms with Crippen LogP contribution in [0.3, 0.4) is 0 Å². The van der Waals surface area contributed by atoms with Crippen LogP contribution in [0.1, 0.15) is 26.0 Å². The van der Waals surface area contributed by atoms with Gasteiger partial charge in [-0.2, -0.15) is 9.05 Å². The summed E-state index contributed by atoms with van der Waals surface area (Å²) in [4.78, 5) is 34.2. The Balaban J connectivity index is 1.62. The van der Waals surface area contributed by atoms with Crippen molar-refractivity contribution in [2.75, 3.05) is 11.9 Å². The van der Waals surface area contributed by atoms with Gasteiger partial charge < -0.3 is 15.2 Å². The van der Waals surface area contributed by atoms with Crippen molar-refractivity contribution >= 4 is 38.3 Å². The summed E-state index contributed by atoms with van der Waals surface area (Å²) in [5.74, 6) is 0.107. The zero-order valence-electron chi connectivity index (χ0n) is 14.4. The van der Waals surface area contributed by atoms with Gasteiger partial charge >= 0.3 is 15.4 Å². The highest BCUT2D eigenvalue weighted by Gasteiger charge is 2.56. The Morgan fingerprint density at radius 1 is 1.48 bits per heavy atom. The van der Waals surface area contributed by atoms with Crippen LogP contribution in [0.15, 0.2) is 12.7 Å². The van der Waals surface area contributed by atoms with Crippen LogP contribution in [0.2, 0.25) is 0 Å². The van der Waals surface area contributed by atoms with E-state index in [1.165, 1.54) is 17.2 Å². The normalized spacial score (nSPS) is 33.1. The number of fused-ring (bicyclic) bond motifs is 2. The average Bonchev–Trinajstić information content (AvgIpc) is 3.17. The molecule has 2 aromatic heterocycles. The lowest BCUT2D eigenvalue weighted by Gasteiger charge is -2.27. The predicted octanol–water partition coefficient (Wildman–Crippen LogP) is 0.0770. The molecule has 2 aliphatic heterocycles. The van der Waals surface area contributed by atoms with Crippen molar-refractivity contribution in [2.45, 2.75) is 44.3 Å². The molecule has 4 rings (SSSR count). The number of nitrogens with one attached hydrogen (secondary N) is 1. The molecule has 2 aliphatic rings. The lowest BCUT2D eigenvalue weighted by molar-refractivity contribution is -0.116. The molecule has 142 valence electrons. The highest BCUT2D eigenvalue weighted by Crippen LogP contribution is 2.58. The van der Waals surface area contributed by atoms with Gasteiger partial charge in [0.05, 0.1) is 6.33 Å². The molecule has 5 atom stereocenters. The standard InChI is InChI=1S/C14H18BN5O6P/c1-2-3-8(21)19-12-9-13(17-5-16-12)20(6-18-9)14-10(22)11-7(25-14)4-24-27(15,23)26-11/h5-7,10-11,14,22-23H,2-4H2,1H3,(H,16,17,19,21)/q+1/t7-,10+,11+,14-,27?/m1/s1. The van der Waals surface area contributed by atoms with Gasteiger partial charge in [0.1, 0.15) is 25.1 Å². The number of amides is 1. The number of imidazole rings is 1. The van der Waals surface area contributed by atoms with Crippen LogP contribution in [0, 0.1) is 0 Å². The van der Waals surface area contributed by atoms with Gasteiger partial charge in [-0.05, 0) is 6.42 Å². The van der Waals surface area contributed by atoms with Crippen LogP contribution >= 0.6 is 7.82 Å². The first-order chi connectivity index (χ1) is 12.9. The topological polar surface area (TPSA) is 141 Å². The molecule has 2 fully saturated rings. The second-order valence-corrected chi connectivity index (χ2v) is 7.93. The maximum atomic E-state index is 11.9. The van der Waals surface area contributed by atoms with Crippen LogP contribution in [0.5, 0.6) is 0 Å². The number of rotatable bonds is 4. The van der Waals surface area contributed by atoms with E-state index < -0.39 is 32.4 Å². The molecule has 3 N–H and O–H groups in total. The highest BCUT2D eigenvalue weighted by atomic mass is 31.2. The van der Waals surface area contributed by atoms with Crippen molar-refractivity contribution in [2.24, 2.45) is 0 Å². The Morgan fingerprint density at radius 3 is 3.07 bits per heavy atom. The summed E-state index contributed by atoms with van der Waals surface area (Å²) >= 11 is 0. The minimum absolute atomic E-state index is 0.00105. The van der Waals surface area contributed by atoms with E-state index in [4.69, 9.17) is 21.4 Å². The summed E-state index contributed by atoms with van der Waals surface area (Å²) in [6, 6.07) is 0. The first-order valence-corrected chi connectivity index (χ1v) is 10.1. The molecule has 27 heavy (non-hydrogen) atoms. The van der Waals surface area contributed by atoms with Crippen LogP contribution in [0.25, 0.3) is 11.2 Å². The third kappa shape index (κ3) is 3.44. The minimum atomic E-state index is -3.46. The molecule has 11 nitrogen and oxygen atoms in total. The number of anilines is 1. The molecule has 2 saturated heterocycles. The van der Waals surface area contributed by atoms with E-state index in [-0.39, 0.29) is 18.3 Å². The zero-order chi connectivity index (χ0) is 19.2. The van der Waals surface area contributed by atoms with Gasteiger partial charge in [-0.25, -0.2) is 19.8 Å². The van der Waals surface area contributed by atoms with Gasteiger partial charge in [0, 0.05) is 6.42 Å². The molecule has 1 amide bonds. The number of carbonyl (C=O) groups is 1. The van der Waals surface area contributed by atoms with E-state index >= 15 is 0 Å². The first-order valence-electron chi connectivity index (χ1n) is 8.44. The quantitative estimate of drug-likeness (QED) is 0.486. The number of ether oxygens (including phenoxy) is 1. The number of nitrogens with zero attached hydrogens (tertiary/aromatic N) is 4. The molecule has 2 aromatic rings. The third-order valence-electron chi connectivity index (χ3n) is 4.37.